The van der Waals surface area contributed by atoms with Crippen LogP contribution < -0.4 is 5.32 Å². The number of nitrogens with one attached hydrogen (secondary N) is 1. The van der Waals surface area contributed by atoms with Gasteiger partial charge in [-0.1, -0.05) is 12.1 Å². The highest BCUT2D eigenvalue weighted by Crippen LogP contribution is 2.51. The Bertz CT molecular complexity index is 809. The first-order valence-corrected chi connectivity index (χ1v) is 7.03. The molecular formula is C18H14FNO. The first kappa shape index (κ1) is 12.3. The highest BCUT2D eigenvalue weighted by Gasteiger charge is 2.35. The largest absolute Gasteiger partial charge is 0.348 e. The summed E-state index contributed by atoms with van der Waals surface area (Å²) in [7, 11) is 0. The molecule has 0 bridgehead atoms. The molecule has 1 aromatic rings. The molecule has 1 aromatic carbocycles. The average molecular weight is 279 g/mol. The van der Waals surface area contributed by atoms with E-state index >= 15 is 0 Å². The third-order valence-electron chi connectivity index (χ3n) is 4.27. The summed E-state index contributed by atoms with van der Waals surface area (Å²) < 4.78 is 13.2. The van der Waals surface area contributed by atoms with Crippen LogP contribution in [0.3, 0.4) is 0 Å². The number of carbonyl (C=O) groups excluding carboxylic acids is 1. The third kappa shape index (κ3) is 1.97. The molecule has 0 aromatic heterocycles. The van der Waals surface area contributed by atoms with Crippen molar-refractivity contribution in [1.82, 2.24) is 5.32 Å². The van der Waals surface area contributed by atoms with Crippen LogP contribution in [0.25, 0.3) is 0 Å². The SMILES string of the molecule is Cc1ccc(F)cc1CNC(=O)C1=C2C=C3CC3=C2C=C1. The second-order valence-electron chi connectivity index (χ2n) is 5.65. The highest BCUT2D eigenvalue weighted by atomic mass is 19.1. The van der Waals surface area contributed by atoms with Crippen LogP contribution in [-0.4, -0.2) is 5.91 Å². The van der Waals surface area contributed by atoms with Gasteiger partial charge in [0.05, 0.1) is 0 Å². The molecule has 4 rings (SSSR count). The Morgan fingerprint density at radius 2 is 2.14 bits per heavy atom. The fraction of sp³-hybridized carbons (Fsp3) is 0.167. The maximum Gasteiger partial charge on any atom is 0.252 e. The number of carbonyl (C=O) groups is 1. The third-order valence-corrected chi connectivity index (χ3v) is 4.27. The van der Waals surface area contributed by atoms with Crippen LogP contribution in [-0.2, 0) is 11.3 Å². The van der Waals surface area contributed by atoms with Crippen molar-refractivity contribution in [2.45, 2.75) is 19.9 Å². The molecule has 1 N–H and O–H groups in total. The van der Waals surface area contributed by atoms with Crippen molar-refractivity contribution in [2.75, 3.05) is 0 Å². The zero-order valence-corrected chi connectivity index (χ0v) is 11.7. The van der Waals surface area contributed by atoms with Gasteiger partial charge in [0.15, 0.2) is 0 Å². The van der Waals surface area contributed by atoms with Crippen molar-refractivity contribution in [3.63, 3.8) is 0 Å². The van der Waals surface area contributed by atoms with Gasteiger partial charge in [-0.25, -0.2) is 4.39 Å². The Morgan fingerprint density at radius 3 is 3.00 bits per heavy atom. The van der Waals surface area contributed by atoms with Crippen LogP contribution in [0.4, 0.5) is 4.39 Å². The minimum atomic E-state index is -0.278. The van der Waals surface area contributed by atoms with Crippen molar-refractivity contribution in [3.05, 3.63) is 81.2 Å². The van der Waals surface area contributed by atoms with Gasteiger partial charge in [0.2, 0.25) is 0 Å². The average Bonchev–Trinajstić information content (AvgIpc) is 2.94. The van der Waals surface area contributed by atoms with Gasteiger partial charge >= 0.3 is 0 Å². The lowest BCUT2D eigenvalue weighted by molar-refractivity contribution is -0.117. The summed E-state index contributed by atoms with van der Waals surface area (Å²) in [5, 5.41) is 2.88. The van der Waals surface area contributed by atoms with E-state index in [9.17, 15) is 9.18 Å². The molecule has 0 aliphatic heterocycles. The zero-order valence-electron chi connectivity index (χ0n) is 11.7. The topological polar surface area (TPSA) is 29.1 Å². The van der Waals surface area contributed by atoms with E-state index in [0.29, 0.717) is 12.1 Å². The number of benzene rings is 1. The van der Waals surface area contributed by atoms with Gasteiger partial charge in [0.1, 0.15) is 5.82 Å². The molecule has 2 nitrogen and oxygen atoms in total. The van der Waals surface area contributed by atoms with Crippen molar-refractivity contribution in [1.29, 1.82) is 0 Å². The lowest BCUT2D eigenvalue weighted by atomic mass is 10.1. The molecule has 0 atom stereocenters. The quantitative estimate of drug-likeness (QED) is 0.904. The number of halogens is 1. The van der Waals surface area contributed by atoms with Gasteiger partial charge in [-0.05, 0) is 71.0 Å². The summed E-state index contributed by atoms with van der Waals surface area (Å²) in [4.78, 5) is 12.3. The fourth-order valence-electron chi connectivity index (χ4n) is 2.94. The van der Waals surface area contributed by atoms with Crippen molar-refractivity contribution < 1.29 is 9.18 Å². The number of hydrogen-bond acceptors (Lipinski definition) is 1. The number of fused-ring (bicyclic) bond motifs is 2. The lowest BCUT2D eigenvalue weighted by Gasteiger charge is -2.09. The maximum atomic E-state index is 13.2. The second-order valence-corrected chi connectivity index (χ2v) is 5.65. The Kier molecular flexibility index (Phi) is 2.52. The Hall–Kier alpha value is -2.42. The monoisotopic (exact) mass is 279 g/mol. The Balaban J connectivity index is 1.52. The molecule has 3 aliphatic carbocycles. The number of rotatable bonds is 3. The number of aryl methyl sites for hydroxylation is 1. The smallest absolute Gasteiger partial charge is 0.252 e. The highest BCUT2D eigenvalue weighted by molar-refractivity contribution is 6.01. The van der Waals surface area contributed by atoms with Gasteiger partial charge in [-0.15, -0.1) is 0 Å². The molecule has 0 radical (unpaired) electrons. The predicted octanol–water partition coefficient (Wildman–Crippen LogP) is 3.26. The van der Waals surface area contributed by atoms with Gasteiger partial charge in [-0.3, -0.25) is 4.79 Å². The van der Waals surface area contributed by atoms with E-state index in [0.717, 1.165) is 23.1 Å². The standard InChI is InChI=1S/C18H14FNO/c1-10-2-3-13(19)6-12(10)9-20-18(21)15-5-4-14-16-7-11(16)8-17(14)15/h2-6,8H,7,9H2,1H3,(H,20,21). The van der Waals surface area contributed by atoms with Gasteiger partial charge in [0.25, 0.3) is 5.91 Å². The van der Waals surface area contributed by atoms with E-state index in [-0.39, 0.29) is 11.7 Å². The van der Waals surface area contributed by atoms with Crippen molar-refractivity contribution in [2.24, 2.45) is 0 Å². The van der Waals surface area contributed by atoms with Crippen LogP contribution in [0.5, 0.6) is 0 Å². The molecule has 0 saturated heterocycles. The van der Waals surface area contributed by atoms with Crippen molar-refractivity contribution in [3.8, 4) is 0 Å². The number of allylic oxidation sites excluding steroid dienone is 6. The van der Waals surface area contributed by atoms with Crippen LogP contribution in [0.15, 0.2) is 64.3 Å². The molecule has 3 aliphatic rings. The van der Waals surface area contributed by atoms with Crippen molar-refractivity contribution >= 4 is 5.91 Å². The minimum Gasteiger partial charge on any atom is -0.348 e. The number of hydrogen-bond donors (Lipinski definition) is 1. The Morgan fingerprint density at radius 1 is 1.29 bits per heavy atom. The summed E-state index contributed by atoms with van der Waals surface area (Å²) in [6, 6.07) is 4.63. The van der Waals surface area contributed by atoms with E-state index in [1.54, 1.807) is 6.07 Å². The molecule has 0 heterocycles. The normalized spacial score (nSPS) is 17.9. The molecular weight excluding hydrogens is 265 g/mol. The van der Waals surface area contributed by atoms with Gasteiger partial charge < -0.3 is 5.32 Å². The molecule has 0 spiro atoms. The van der Waals surface area contributed by atoms with E-state index in [2.05, 4.69) is 11.4 Å². The van der Waals surface area contributed by atoms with Gasteiger partial charge in [0, 0.05) is 12.1 Å². The molecule has 21 heavy (non-hydrogen) atoms. The first-order chi connectivity index (χ1) is 10.1. The maximum absolute atomic E-state index is 13.2. The number of amides is 1. The van der Waals surface area contributed by atoms with Crippen LogP contribution in [0.2, 0.25) is 0 Å². The van der Waals surface area contributed by atoms with E-state index < -0.39 is 0 Å². The summed E-state index contributed by atoms with van der Waals surface area (Å²) >= 11 is 0. The zero-order chi connectivity index (χ0) is 14.6. The Labute approximate surface area is 122 Å². The molecule has 1 fully saturated rings. The fourth-order valence-corrected chi connectivity index (χ4v) is 2.94. The van der Waals surface area contributed by atoms with Crippen LogP contribution in [0.1, 0.15) is 17.5 Å². The first-order valence-electron chi connectivity index (χ1n) is 7.03. The summed E-state index contributed by atoms with van der Waals surface area (Å²) in [6.45, 7) is 2.26. The summed E-state index contributed by atoms with van der Waals surface area (Å²) in [5.74, 6) is -0.376. The second kappa shape index (κ2) is 4.29. The van der Waals surface area contributed by atoms with E-state index in [4.69, 9.17) is 0 Å². The van der Waals surface area contributed by atoms with Gasteiger partial charge in [-0.2, -0.15) is 0 Å². The van der Waals surface area contributed by atoms with Crippen LogP contribution >= 0.6 is 0 Å². The molecule has 3 heteroatoms. The van der Waals surface area contributed by atoms with E-state index in [1.165, 1.54) is 28.9 Å². The predicted molar refractivity (Wildman–Crippen MR) is 78.9 cm³/mol. The summed E-state index contributed by atoms with van der Waals surface area (Å²) in [5.41, 5.74) is 7.48. The van der Waals surface area contributed by atoms with Crippen LogP contribution in [0, 0.1) is 12.7 Å². The molecule has 104 valence electrons. The molecule has 0 unspecified atom stereocenters. The van der Waals surface area contributed by atoms with E-state index in [1.807, 2.05) is 19.1 Å². The molecule has 1 amide bonds. The molecule has 1 saturated carbocycles. The summed E-state index contributed by atoms with van der Waals surface area (Å²) in [6.07, 6.45) is 7.06. The lowest BCUT2D eigenvalue weighted by Crippen LogP contribution is -2.24. The minimum absolute atomic E-state index is 0.0985.